The van der Waals surface area contributed by atoms with Crippen molar-refractivity contribution in [2.45, 2.75) is 50.4 Å². The molecule has 0 saturated heterocycles. The lowest BCUT2D eigenvalue weighted by Crippen LogP contribution is -2.25. The first-order valence-corrected chi connectivity index (χ1v) is 22.6. The van der Waals surface area contributed by atoms with E-state index in [1.807, 2.05) is 27.0 Å². The highest BCUT2D eigenvalue weighted by molar-refractivity contribution is 6.34. The van der Waals surface area contributed by atoms with Crippen molar-refractivity contribution >= 4 is 68.4 Å². The lowest BCUT2D eigenvalue weighted by atomic mass is 10.1. The maximum absolute atomic E-state index is 14.2. The number of aromatic nitrogens is 6. The standard InChI is InChI=1S/C27H21F2N5O.C24H21ClN6O3/c28-19-7-1-16(2-8-19)14-30-25-26-31-15-24(34(26)23-13-20(29)9-12-22(23)33-25)17-3-5-18(6-4-17)27(35)32-21-10-11-21;25-18-8-14(2-5-17(18)24(34)29-15-3-4-15)21-11-28-23-22(27-10-16(33)12-32)30-19-7-13(9-26)1-6-20(19)31(21)23/h1-9,12-13,15,21H,10-11,14H2,(H,30,33)(H,32,35);1-2,5-8,11,15-16,32-33H,3-4,10,12H2,(H,27,30)(H,29,34). The summed E-state index contributed by atoms with van der Waals surface area (Å²) in [6.45, 7) is 0.0956. The van der Waals surface area contributed by atoms with Crippen molar-refractivity contribution in [1.29, 1.82) is 5.26 Å². The predicted molar refractivity (Wildman–Crippen MR) is 258 cm³/mol. The van der Waals surface area contributed by atoms with Crippen LogP contribution >= 0.6 is 11.6 Å². The molecule has 0 bridgehead atoms. The van der Waals surface area contributed by atoms with Crippen LogP contribution < -0.4 is 21.3 Å². The van der Waals surface area contributed by atoms with Crippen LogP contribution in [-0.2, 0) is 6.54 Å². The van der Waals surface area contributed by atoms with Crippen LogP contribution in [0, 0.1) is 23.0 Å². The second kappa shape index (κ2) is 18.9. The normalized spacial score (nSPS) is 13.7. The monoisotopic (exact) mass is 945 g/mol. The van der Waals surface area contributed by atoms with E-state index in [0.29, 0.717) is 73.4 Å². The number of halogens is 3. The van der Waals surface area contributed by atoms with Crippen LogP contribution in [0.15, 0.2) is 116 Å². The van der Waals surface area contributed by atoms with Crippen molar-refractivity contribution in [2.75, 3.05) is 23.8 Å². The summed E-state index contributed by atoms with van der Waals surface area (Å²) in [7, 11) is 0. The largest absolute Gasteiger partial charge is 0.394 e. The molecule has 2 fully saturated rings. The Morgan fingerprint density at radius 1 is 0.725 bits per heavy atom. The van der Waals surface area contributed by atoms with Gasteiger partial charge in [-0.2, -0.15) is 5.26 Å². The van der Waals surface area contributed by atoms with Gasteiger partial charge in [0, 0.05) is 47.9 Å². The minimum absolute atomic E-state index is 0.0709. The minimum atomic E-state index is -0.967. The van der Waals surface area contributed by atoms with Crippen molar-refractivity contribution in [3.05, 3.63) is 154 Å². The summed E-state index contributed by atoms with van der Waals surface area (Å²) in [6.07, 6.45) is 6.46. The van der Waals surface area contributed by atoms with Gasteiger partial charge < -0.3 is 31.5 Å². The third kappa shape index (κ3) is 9.59. The zero-order chi connectivity index (χ0) is 47.8. The zero-order valence-corrected chi connectivity index (χ0v) is 37.4. The maximum Gasteiger partial charge on any atom is 0.253 e. The number of aliphatic hydroxyl groups is 2. The number of fused-ring (bicyclic) bond motifs is 6. The summed E-state index contributed by atoms with van der Waals surface area (Å²) in [5, 5.41) is 40.8. The number of hydrogen-bond donors (Lipinski definition) is 6. The molecule has 4 aromatic heterocycles. The van der Waals surface area contributed by atoms with E-state index in [-0.39, 0.29) is 42.1 Å². The van der Waals surface area contributed by atoms with Gasteiger partial charge in [-0.15, -0.1) is 0 Å². The molecule has 2 amide bonds. The van der Waals surface area contributed by atoms with Crippen LogP contribution in [0.1, 0.15) is 57.5 Å². The van der Waals surface area contributed by atoms with Crippen LogP contribution in [0.2, 0.25) is 5.02 Å². The zero-order valence-electron chi connectivity index (χ0n) is 36.6. The van der Waals surface area contributed by atoms with Crippen molar-refractivity contribution < 1.29 is 28.6 Å². The Morgan fingerprint density at radius 2 is 1.35 bits per heavy atom. The third-order valence-electron chi connectivity index (χ3n) is 11.8. The SMILES string of the molecule is N#Cc1ccc2c(c1)nc(NCC(O)CO)c1ncc(-c3ccc(C(=O)NC4CC4)c(Cl)c3)n12.O=C(NC1CC1)c1ccc(-c2cnc3c(NCc4ccc(F)cc4)nc4ccc(F)cc4n23)cc1. The Morgan fingerprint density at radius 3 is 2.01 bits per heavy atom. The molecule has 346 valence electrons. The van der Waals surface area contributed by atoms with Crippen LogP contribution in [-0.4, -0.2) is 82.1 Å². The molecule has 0 spiro atoms. The number of nitrogens with zero attached hydrogens (tertiary/aromatic N) is 7. The molecule has 11 rings (SSSR count). The number of amides is 2. The molecule has 9 aromatic rings. The van der Waals surface area contributed by atoms with Gasteiger partial charge in [0.25, 0.3) is 11.8 Å². The van der Waals surface area contributed by atoms with Gasteiger partial charge in [-0.05, 0) is 98.0 Å². The highest BCUT2D eigenvalue weighted by Gasteiger charge is 2.26. The second-order valence-corrected chi connectivity index (χ2v) is 17.3. The number of rotatable bonds is 13. The summed E-state index contributed by atoms with van der Waals surface area (Å²) in [4.78, 5) is 43.2. The van der Waals surface area contributed by atoms with Gasteiger partial charge >= 0.3 is 0 Å². The summed E-state index contributed by atoms with van der Waals surface area (Å²) >= 11 is 6.48. The Labute approximate surface area is 397 Å². The van der Waals surface area contributed by atoms with E-state index in [9.17, 15) is 28.7 Å². The number of hydrogen-bond acceptors (Lipinski definition) is 11. The molecule has 0 radical (unpaired) electrons. The van der Waals surface area contributed by atoms with Crippen molar-refractivity contribution in [3.8, 4) is 28.6 Å². The summed E-state index contributed by atoms with van der Waals surface area (Å²) in [5.74, 6) is -0.0192. The van der Waals surface area contributed by atoms with Gasteiger partial charge in [-0.25, -0.2) is 28.7 Å². The van der Waals surface area contributed by atoms with E-state index < -0.39 is 12.7 Å². The molecule has 2 aliphatic rings. The van der Waals surface area contributed by atoms with Crippen molar-refractivity contribution in [1.82, 2.24) is 39.4 Å². The van der Waals surface area contributed by atoms with E-state index in [1.165, 1.54) is 24.3 Å². The van der Waals surface area contributed by atoms with E-state index in [0.717, 1.165) is 53.6 Å². The van der Waals surface area contributed by atoms with Crippen LogP contribution in [0.25, 0.3) is 55.9 Å². The quantitative estimate of drug-likeness (QED) is 0.0652. The fraction of sp³-hybridized carbons (Fsp3) is 0.196. The number of anilines is 2. The predicted octanol–water partition coefficient (Wildman–Crippen LogP) is 8.06. The van der Waals surface area contributed by atoms with Crippen LogP contribution in [0.4, 0.5) is 20.4 Å². The maximum atomic E-state index is 14.2. The van der Waals surface area contributed by atoms with E-state index >= 15 is 0 Å². The van der Waals surface area contributed by atoms with Gasteiger partial charge in [0.1, 0.15) is 11.6 Å². The van der Waals surface area contributed by atoms with E-state index in [4.69, 9.17) is 16.7 Å². The molecular weight excluding hydrogens is 904 g/mol. The highest BCUT2D eigenvalue weighted by atomic mass is 35.5. The molecule has 1 unspecified atom stereocenters. The first kappa shape index (κ1) is 44.8. The number of carbonyl (C=O) groups excluding carboxylic acids is 2. The van der Waals surface area contributed by atoms with Gasteiger partial charge in [-0.3, -0.25) is 18.4 Å². The molecule has 2 saturated carbocycles. The van der Waals surface area contributed by atoms with E-state index in [2.05, 4.69) is 47.3 Å². The molecule has 69 heavy (non-hydrogen) atoms. The van der Waals surface area contributed by atoms with Gasteiger partial charge in [0.15, 0.2) is 22.9 Å². The lowest BCUT2D eigenvalue weighted by molar-refractivity contribution is 0.0942. The molecule has 15 nitrogen and oxygen atoms in total. The first-order chi connectivity index (χ1) is 33.5. The molecule has 0 aliphatic heterocycles. The van der Waals surface area contributed by atoms with Crippen LogP contribution in [0.5, 0.6) is 0 Å². The highest BCUT2D eigenvalue weighted by Crippen LogP contribution is 2.33. The fourth-order valence-electron chi connectivity index (χ4n) is 7.86. The first-order valence-electron chi connectivity index (χ1n) is 22.2. The molecule has 4 heterocycles. The molecule has 1 atom stereocenters. The topological polar surface area (TPSA) is 207 Å². The molecular formula is C51H42ClF2N11O4. The summed E-state index contributed by atoms with van der Waals surface area (Å²) in [6, 6.07) is 31.0. The number of nitrogens with one attached hydrogen (secondary N) is 4. The Balaban J connectivity index is 0.000000160. The Kier molecular flexibility index (Phi) is 12.3. The Bertz CT molecular complexity index is 3480. The summed E-state index contributed by atoms with van der Waals surface area (Å²) < 4.78 is 31.2. The Hall–Kier alpha value is -8.04. The average molecular weight is 946 g/mol. The molecule has 2 aliphatic carbocycles. The number of nitriles is 1. The smallest absolute Gasteiger partial charge is 0.253 e. The van der Waals surface area contributed by atoms with Gasteiger partial charge in [-0.1, -0.05) is 41.9 Å². The third-order valence-corrected chi connectivity index (χ3v) is 12.1. The van der Waals surface area contributed by atoms with Gasteiger partial charge in [0.05, 0.1) is 80.8 Å². The lowest BCUT2D eigenvalue weighted by Gasteiger charge is -2.14. The van der Waals surface area contributed by atoms with Crippen molar-refractivity contribution in [3.63, 3.8) is 0 Å². The van der Waals surface area contributed by atoms with Crippen molar-refractivity contribution in [2.24, 2.45) is 0 Å². The van der Waals surface area contributed by atoms with Gasteiger partial charge in [0.2, 0.25) is 0 Å². The second-order valence-electron chi connectivity index (χ2n) is 16.9. The molecule has 6 N–H and O–H groups in total. The molecule has 5 aromatic carbocycles. The number of carbonyl (C=O) groups is 2. The van der Waals surface area contributed by atoms with E-state index in [1.54, 1.807) is 73.1 Å². The average Bonchev–Trinajstić information content (AvgIpc) is 4.28. The minimum Gasteiger partial charge on any atom is -0.394 e. The number of benzene rings is 5. The number of imidazole rings is 2. The fourth-order valence-corrected chi connectivity index (χ4v) is 8.12. The summed E-state index contributed by atoms with van der Waals surface area (Å²) in [5.41, 5.74) is 8.89. The number of aliphatic hydroxyl groups excluding tert-OH is 2. The molecule has 18 heteroatoms. The van der Waals surface area contributed by atoms with Crippen LogP contribution in [0.3, 0.4) is 0 Å².